The van der Waals surface area contributed by atoms with Crippen LogP contribution >= 0.6 is 0 Å². The molecule has 0 radical (unpaired) electrons. The summed E-state index contributed by atoms with van der Waals surface area (Å²) in [6.45, 7) is 3.97. The van der Waals surface area contributed by atoms with Gasteiger partial charge >= 0.3 is 0 Å². The lowest BCUT2D eigenvalue weighted by Crippen LogP contribution is -2.02. The maximum Gasteiger partial charge on any atom is 0.0739 e. The van der Waals surface area contributed by atoms with E-state index in [4.69, 9.17) is 5.73 Å². The number of nitrogens with two attached hydrogens (primary N) is 1. The zero-order chi connectivity index (χ0) is 9.26. The van der Waals surface area contributed by atoms with Gasteiger partial charge in [0.05, 0.1) is 17.6 Å². The number of nitrogen functional groups attached to an aromatic ring is 1. The van der Waals surface area contributed by atoms with Crippen molar-refractivity contribution in [2.45, 2.75) is 12.8 Å². The molecule has 13 heavy (non-hydrogen) atoms. The smallest absolute Gasteiger partial charge is 0.0739 e. The van der Waals surface area contributed by atoms with E-state index in [1.807, 2.05) is 6.07 Å². The summed E-state index contributed by atoms with van der Waals surface area (Å²) in [6.07, 6.45) is 5.86. The molecule has 0 unspecified atom stereocenters. The second-order valence-electron chi connectivity index (χ2n) is 3.39. The number of nitrogens with zero attached hydrogens (tertiary/aromatic N) is 1. The third-order valence-corrected chi connectivity index (χ3v) is 2.22. The van der Waals surface area contributed by atoms with Gasteiger partial charge in [0.2, 0.25) is 0 Å². The Labute approximate surface area is 77.7 Å². The van der Waals surface area contributed by atoms with Crippen LogP contribution < -0.4 is 11.1 Å². The molecule has 0 spiro atoms. The predicted octanol–water partition coefficient (Wildman–Crippen LogP) is 2.00. The van der Waals surface area contributed by atoms with E-state index in [9.17, 15) is 0 Å². The molecule has 0 atom stereocenters. The SMILES string of the molecule is C=C(Nc1ccncc1N)C1CC1. The number of allylic oxidation sites excluding steroid dienone is 1. The van der Waals surface area contributed by atoms with Crippen LogP contribution in [-0.4, -0.2) is 4.98 Å². The number of hydrogen-bond donors (Lipinski definition) is 2. The normalized spacial score (nSPS) is 15.4. The van der Waals surface area contributed by atoms with Crippen molar-refractivity contribution in [3.8, 4) is 0 Å². The summed E-state index contributed by atoms with van der Waals surface area (Å²) in [5.41, 5.74) is 8.37. The molecule has 3 N–H and O–H groups in total. The summed E-state index contributed by atoms with van der Waals surface area (Å²) in [5, 5.41) is 3.21. The van der Waals surface area contributed by atoms with E-state index < -0.39 is 0 Å². The lowest BCUT2D eigenvalue weighted by Gasteiger charge is -2.09. The largest absolute Gasteiger partial charge is 0.396 e. The highest BCUT2D eigenvalue weighted by atomic mass is 14.9. The fraction of sp³-hybridized carbons (Fsp3) is 0.300. The zero-order valence-electron chi connectivity index (χ0n) is 7.46. The Hall–Kier alpha value is -1.51. The van der Waals surface area contributed by atoms with Gasteiger partial charge in [0, 0.05) is 11.9 Å². The Bertz CT molecular complexity index is 329. The second-order valence-corrected chi connectivity index (χ2v) is 3.39. The molecule has 0 amide bonds. The van der Waals surface area contributed by atoms with Crippen LogP contribution in [0.1, 0.15) is 12.8 Å². The Morgan fingerprint density at radius 3 is 3.00 bits per heavy atom. The van der Waals surface area contributed by atoms with Gasteiger partial charge in [-0.3, -0.25) is 4.98 Å². The maximum atomic E-state index is 5.72. The summed E-state index contributed by atoms with van der Waals surface area (Å²) in [5.74, 6) is 0.646. The molecular formula is C10H13N3. The van der Waals surface area contributed by atoms with Gasteiger partial charge in [0.15, 0.2) is 0 Å². The average Bonchev–Trinajstić information content (AvgIpc) is 2.91. The van der Waals surface area contributed by atoms with Crippen LogP contribution in [0.2, 0.25) is 0 Å². The van der Waals surface area contributed by atoms with E-state index in [1.54, 1.807) is 12.4 Å². The Balaban J connectivity index is 2.08. The number of pyridine rings is 1. The first-order chi connectivity index (χ1) is 6.27. The minimum absolute atomic E-state index is 0.646. The van der Waals surface area contributed by atoms with Gasteiger partial charge < -0.3 is 11.1 Å². The summed E-state index contributed by atoms with van der Waals surface area (Å²) in [4.78, 5) is 3.92. The molecule has 1 aliphatic rings. The van der Waals surface area contributed by atoms with Crippen LogP contribution in [0.4, 0.5) is 11.4 Å². The fourth-order valence-electron chi connectivity index (χ4n) is 1.23. The summed E-state index contributed by atoms with van der Waals surface area (Å²) >= 11 is 0. The molecule has 1 heterocycles. The van der Waals surface area contributed by atoms with Crippen molar-refractivity contribution < 1.29 is 0 Å². The lowest BCUT2D eigenvalue weighted by atomic mass is 10.3. The fourth-order valence-corrected chi connectivity index (χ4v) is 1.23. The molecule has 1 aromatic rings. The number of nitrogens with one attached hydrogen (secondary N) is 1. The molecule has 0 saturated heterocycles. The van der Waals surface area contributed by atoms with Crippen molar-refractivity contribution in [1.82, 2.24) is 4.98 Å². The molecule has 1 fully saturated rings. The van der Waals surface area contributed by atoms with Crippen molar-refractivity contribution in [3.05, 3.63) is 30.7 Å². The van der Waals surface area contributed by atoms with Crippen molar-refractivity contribution in [2.24, 2.45) is 5.92 Å². The Morgan fingerprint density at radius 1 is 1.62 bits per heavy atom. The van der Waals surface area contributed by atoms with Gasteiger partial charge in [-0.15, -0.1) is 0 Å². The third-order valence-electron chi connectivity index (χ3n) is 2.22. The molecule has 1 saturated carbocycles. The molecule has 68 valence electrons. The highest BCUT2D eigenvalue weighted by Gasteiger charge is 2.24. The summed E-state index contributed by atoms with van der Waals surface area (Å²) in [6, 6.07) is 1.86. The van der Waals surface area contributed by atoms with Gasteiger partial charge in [-0.05, 0) is 24.8 Å². The van der Waals surface area contributed by atoms with Crippen LogP contribution in [0, 0.1) is 5.92 Å². The van der Waals surface area contributed by atoms with Gasteiger partial charge in [-0.2, -0.15) is 0 Å². The van der Waals surface area contributed by atoms with Crippen LogP contribution in [0.3, 0.4) is 0 Å². The minimum Gasteiger partial charge on any atom is -0.396 e. The molecular weight excluding hydrogens is 162 g/mol. The first-order valence-corrected chi connectivity index (χ1v) is 4.42. The number of rotatable bonds is 3. The quantitative estimate of drug-likeness (QED) is 0.738. The second kappa shape index (κ2) is 3.09. The van der Waals surface area contributed by atoms with Crippen molar-refractivity contribution >= 4 is 11.4 Å². The first-order valence-electron chi connectivity index (χ1n) is 4.42. The van der Waals surface area contributed by atoms with Crippen LogP contribution in [-0.2, 0) is 0 Å². The first kappa shape index (κ1) is 8.10. The molecule has 3 nitrogen and oxygen atoms in total. The van der Waals surface area contributed by atoms with E-state index >= 15 is 0 Å². The van der Waals surface area contributed by atoms with E-state index in [0.29, 0.717) is 11.6 Å². The number of hydrogen-bond acceptors (Lipinski definition) is 3. The zero-order valence-corrected chi connectivity index (χ0v) is 7.46. The van der Waals surface area contributed by atoms with Crippen LogP contribution in [0.15, 0.2) is 30.7 Å². The topological polar surface area (TPSA) is 50.9 Å². The highest BCUT2D eigenvalue weighted by Crippen LogP contribution is 2.36. The minimum atomic E-state index is 0.646. The van der Waals surface area contributed by atoms with Crippen LogP contribution in [0.5, 0.6) is 0 Å². The molecule has 3 heteroatoms. The highest BCUT2D eigenvalue weighted by molar-refractivity contribution is 5.66. The predicted molar refractivity (Wildman–Crippen MR) is 54.1 cm³/mol. The van der Waals surface area contributed by atoms with E-state index in [1.165, 1.54) is 12.8 Å². The molecule has 0 aliphatic heterocycles. The maximum absolute atomic E-state index is 5.72. The van der Waals surface area contributed by atoms with E-state index in [0.717, 1.165) is 11.4 Å². The van der Waals surface area contributed by atoms with E-state index in [-0.39, 0.29) is 0 Å². The van der Waals surface area contributed by atoms with Crippen molar-refractivity contribution in [2.75, 3.05) is 11.1 Å². The van der Waals surface area contributed by atoms with Gasteiger partial charge in [0.25, 0.3) is 0 Å². The standard InChI is InChI=1S/C10H13N3/c1-7(8-2-3-8)13-10-4-5-12-6-9(10)11/h4-6,8H,1-3,11H2,(H,12,13). The molecule has 2 rings (SSSR count). The lowest BCUT2D eigenvalue weighted by molar-refractivity contribution is 1.02. The number of anilines is 2. The Kier molecular flexibility index (Phi) is 1.93. The summed E-state index contributed by atoms with van der Waals surface area (Å²) in [7, 11) is 0. The molecule has 1 aromatic heterocycles. The van der Waals surface area contributed by atoms with Crippen LogP contribution in [0.25, 0.3) is 0 Å². The van der Waals surface area contributed by atoms with Gasteiger partial charge in [-0.25, -0.2) is 0 Å². The van der Waals surface area contributed by atoms with Gasteiger partial charge in [-0.1, -0.05) is 6.58 Å². The average molecular weight is 175 g/mol. The number of aromatic nitrogens is 1. The van der Waals surface area contributed by atoms with Crippen molar-refractivity contribution in [3.63, 3.8) is 0 Å². The Morgan fingerprint density at radius 2 is 2.38 bits per heavy atom. The molecule has 0 bridgehead atoms. The van der Waals surface area contributed by atoms with Gasteiger partial charge in [0.1, 0.15) is 0 Å². The molecule has 0 aromatic carbocycles. The van der Waals surface area contributed by atoms with E-state index in [2.05, 4.69) is 16.9 Å². The van der Waals surface area contributed by atoms with Crippen molar-refractivity contribution in [1.29, 1.82) is 0 Å². The molecule has 1 aliphatic carbocycles. The monoisotopic (exact) mass is 175 g/mol. The third kappa shape index (κ3) is 1.80. The summed E-state index contributed by atoms with van der Waals surface area (Å²) < 4.78 is 0.